The first kappa shape index (κ1) is 16.7. The molecule has 1 heterocycles. The molecule has 5 heteroatoms. The SMILES string of the molecule is O=C(NC1CCN(Cc2ccccc2)C1)c1cc(Cl)ccc1I. The Kier molecular flexibility index (Phi) is 5.56. The number of likely N-dealkylation sites (tertiary alicyclic amines) is 1. The summed E-state index contributed by atoms with van der Waals surface area (Å²) in [6.45, 7) is 2.83. The van der Waals surface area contributed by atoms with Gasteiger partial charge < -0.3 is 5.32 Å². The van der Waals surface area contributed by atoms with Crippen LogP contribution in [0.25, 0.3) is 0 Å². The lowest BCUT2D eigenvalue weighted by Gasteiger charge is -2.17. The molecule has 0 aromatic heterocycles. The van der Waals surface area contributed by atoms with Crippen LogP contribution in [-0.4, -0.2) is 29.9 Å². The first-order valence-electron chi connectivity index (χ1n) is 7.64. The van der Waals surface area contributed by atoms with E-state index in [2.05, 4.69) is 57.1 Å². The van der Waals surface area contributed by atoms with E-state index in [0.717, 1.165) is 29.6 Å². The number of carbonyl (C=O) groups is 1. The number of nitrogens with one attached hydrogen (secondary N) is 1. The molecular formula is C18H18ClIN2O. The summed E-state index contributed by atoms with van der Waals surface area (Å²) in [4.78, 5) is 14.8. The Balaban J connectivity index is 1.57. The maximum atomic E-state index is 12.4. The second kappa shape index (κ2) is 7.64. The third-order valence-corrected chi connectivity index (χ3v) is 5.21. The minimum atomic E-state index is -0.0385. The van der Waals surface area contributed by atoms with E-state index >= 15 is 0 Å². The van der Waals surface area contributed by atoms with Gasteiger partial charge in [0.1, 0.15) is 0 Å². The van der Waals surface area contributed by atoms with Crippen molar-refractivity contribution in [2.45, 2.75) is 19.0 Å². The maximum absolute atomic E-state index is 12.4. The molecule has 0 bridgehead atoms. The summed E-state index contributed by atoms with van der Waals surface area (Å²) in [6, 6.07) is 16.0. The van der Waals surface area contributed by atoms with Crippen molar-refractivity contribution in [2.75, 3.05) is 13.1 Å². The molecule has 0 spiro atoms. The van der Waals surface area contributed by atoms with Crippen LogP contribution in [0, 0.1) is 3.57 Å². The Morgan fingerprint density at radius 2 is 2.04 bits per heavy atom. The van der Waals surface area contributed by atoms with E-state index in [-0.39, 0.29) is 11.9 Å². The highest BCUT2D eigenvalue weighted by atomic mass is 127. The van der Waals surface area contributed by atoms with Gasteiger partial charge in [-0.3, -0.25) is 9.69 Å². The zero-order chi connectivity index (χ0) is 16.2. The predicted molar refractivity (Wildman–Crippen MR) is 102 cm³/mol. The zero-order valence-corrected chi connectivity index (χ0v) is 15.5. The highest BCUT2D eigenvalue weighted by Gasteiger charge is 2.24. The van der Waals surface area contributed by atoms with Crippen LogP contribution in [0.5, 0.6) is 0 Å². The van der Waals surface area contributed by atoms with E-state index in [0.29, 0.717) is 10.6 Å². The molecule has 1 fully saturated rings. The van der Waals surface area contributed by atoms with Crippen LogP contribution in [0.3, 0.4) is 0 Å². The summed E-state index contributed by atoms with van der Waals surface area (Å²) in [5.74, 6) is -0.0385. The smallest absolute Gasteiger partial charge is 0.252 e. The maximum Gasteiger partial charge on any atom is 0.252 e. The highest BCUT2D eigenvalue weighted by Crippen LogP contribution is 2.19. The van der Waals surface area contributed by atoms with Crippen molar-refractivity contribution < 1.29 is 4.79 Å². The molecule has 1 aliphatic rings. The molecule has 2 aromatic carbocycles. The largest absolute Gasteiger partial charge is 0.348 e. The summed E-state index contributed by atoms with van der Waals surface area (Å²) in [5.41, 5.74) is 1.96. The fourth-order valence-corrected chi connectivity index (χ4v) is 3.62. The summed E-state index contributed by atoms with van der Waals surface area (Å²) in [5, 5.41) is 3.73. The van der Waals surface area contributed by atoms with Crippen molar-refractivity contribution >= 4 is 40.1 Å². The molecular weight excluding hydrogens is 423 g/mol. The minimum Gasteiger partial charge on any atom is -0.348 e. The van der Waals surface area contributed by atoms with E-state index in [4.69, 9.17) is 11.6 Å². The zero-order valence-electron chi connectivity index (χ0n) is 12.6. The number of benzene rings is 2. The van der Waals surface area contributed by atoms with Gasteiger partial charge in [0, 0.05) is 34.3 Å². The molecule has 1 atom stereocenters. The Morgan fingerprint density at radius 1 is 1.26 bits per heavy atom. The first-order valence-corrected chi connectivity index (χ1v) is 9.09. The third-order valence-electron chi connectivity index (χ3n) is 4.03. The number of halogens is 2. The lowest BCUT2D eigenvalue weighted by atomic mass is 10.2. The van der Waals surface area contributed by atoms with Gasteiger partial charge in [-0.25, -0.2) is 0 Å². The topological polar surface area (TPSA) is 32.3 Å². The average molecular weight is 441 g/mol. The Bertz CT molecular complexity index is 693. The molecule has 1 N–H and O–H groups in total. The van der Waals surface area contributed by atoms with Gasteiger partial charge in [-0.1, -0.05) is 41.9 Å². The number of nitrogens with zero attached hydrogens (tertiary/aromatic N) is 1. The van der Waals surface area contributed by atoms with E-state index in [1.807, 2.05) is 12.1 Å². The number of rotatable bonds is 4. The van der Waals surface area contributed by atoms with Crippen molar-refractivity contribution in [3.05, 3.63) is 68.3 Å². The Labute approximate surface area is 155 Å². The minimum absolute atomic E-state index is 0.0385. The van der Waals surface area contributed by atoms with Gasteiger partial charge >= 0.3 is 0 Å². The van der Waals surface area contributed by atoms with Crippen LogP contribution in [0.15, 0.2) is 48.5 Å². The van der Waals surface area contributed by atoms with Gasteiger partial charge in [-0.05, 0) is 52.8 Å². The molecule has 1 amide bonds. The van der Waals surface area contributed by atoms with Gasteiger partial charge in [0.25, 0.3) is 5.91 Å². The van der Waals surface area contributed by atoms with Gasteiger partial charge in [-0.2, -0.15) is 0 Å². The quantitative estimate of drug-likeness (QED) is 0.730. The molecule has 0 saturated carbocycles. The molecule has 3 rings (SSSR count). The number of carbonyl (C=O) groups excluding carboxylic acids is 1. The average Bonchev–Trinajstić information content (AvgIpc) is 2.97. The fourth-order valence-electron chi connectivity index (χ4n) is 2.87. The van der Waals surface area contributed by atoms with Crippen LogP contribution in [0.2, 0.25) is 5.02 Å². The van der Waals surface area contributed by atoms with Crippen molar-refractivity contribution in [2.24, 2.45) is 0 Å². The normalized spacial score (nSPS) is 18.1. The van der Waals surface area contributed by atoms with Crippen LogP contribution in [0.1, 0.15) is 22.3 Å². The molecule has 3 nitrogen and oxygen atoms in total. The van der Waals surface area contributed by atoms with Crippen molar-refractivity contribution in [3.63, 3.8) is 0 Å². The first-order chi connectivity index (χ1) is 11.1. The van der Waals surface area contributed by atoms with Crippen molar-refractivity contribution in [3.8, 4) is 0 Å². The van der Waals surface area contributed by atoms with Gasteiger partial charge in [0.2, 0.25) is 0 Å². The van der Waals surface area contributed by atoms with Crippen molar-refractivity contribution in [1.29, 1.82) is 0 Å². The molecule has 120 valence electrons. The standard InChI is InChI=1S/C18H18ClIN2O/c19-14-6-7-17(20)16(10-14)18(23)21-15-8-9-22(12-15)11-13-4-2-1-3-5-13/h1-7,10,15H,8-9,11-12H2,(H,21,23). The number of amides is 1. The van der Waals surface area contributed by atoms with Crippen LogP contribution >= 0.6 is 34.2 Å². The summed E-state index contributed by atoms with van der Waals surface area (Å²) in [7, 11) is 0. The second-order valence-corrected chi connectivity index (χ2v) is 7.40. The van der Waals surface area contributed by atoms with E-state index < -0.39 is 0 Å². The molecule has 2 aromatic rings. The van der Waals surface area contributed by atoms with Crippen molar-refractivity contribution in [1.82, 2.24) is 10.2 Å². The van der Waals surface area contributed by atoms with E-state index in [1.54, 1.807) is 12.1 Å². The van der Waals surface area contributed by atoms with Gasteiger partial charge in [0.05, 0.1) is 5.56 Å². The van der Waals surface area contributed by atoms with E-state index in [1.165, 1.54) is 5.56 Å². The van der Waals surface area contributed by atoms with Gasteiger partial charge in [-0.15, -0.1) is 0 Å². The molecule has 1 unspecified atom stereocenters. The molecule has 23 heavy (non-hydrogen) atoms. The van der Waals surface area contributed by atoms with Crippen LogP contribution in [-0.2, 0) is 6.54 Å². The Hall–Kier alpha value is -1.11. The molecule has 1 saturated heterocycles. The van der Waals surface area contributed by atoms with Crippen LogP contribution < -0.4 is 5.32 Å². The summed E-state index contributed by atoms with van der Waals surface area (Å²) >= 11 is 8.17. The van der Waals surface area contributed by atoms with E-state index in [9.17, 15) is 4.79 Å². The van der Waals surface area contributed by atoms with Crippen LogP contribution in [0.4, 0.5) is 0 Å². The highest BCUT2D eigenvalue weighted by molar-refractivity contribution is 14.1. The molecule has 1 aliphatic heterocycles. The third kappa shape index (κ3) is 4.46. The number of hydrogen-bond donors (Lipinski definition) is 1. The lowest BCUT2D eigenvalue weighted by molar-refractivity contribution is 0.0936. The summed E-state index contributed by atoms with van der Waals surface area (Å²) in [6.07, 6.45) is 0.982. The molecule has 0 radical (unpaired) electrons. The predicted octanol–water partition coefficient (Wildman–Crippen LogP) is 3.95. The molecule has 0 aliphatic carbocycles. The summed E-state index contributed by atoms with van der Waals surface area (Å²) < 4.78 is 0.920. The lowest BCUT2D eigenvalue weighted by Crippen LogP contribution is -2.37. The number of hydrogen-bond acceptors (Lipinski definition) is 2. The second-order valence-electron chi connectivity index (χ2n) is 5.80. The fraction of sp³-hybridized carbons (Fsp3) is 0.278. The monoisotopic (exact) mass is 440 g/mol. The van der Waals surface area contributed by atoms with Gasteiger partial charge in [0.15, 0.2) is 0 Å². The Morgan fingerprint density at radius 3 is 2.83 bits per heavy atom.